The van der Waals surface area contributed by atoms with Gasteiger partial charge in [0.2, 0.25) is 0 Å². The number of benzene rings is 2. The molecule has 2 aliphatic heterocycles. The van der Waals surface area contributed by atoms with Crippen LogP contribution in [0.4, 0.5) is 10.1 Å². The molecule has 0 amide bonds. The van der Waals surface area contributed by atoms with Crippen LogP contribution in [0.5, 0.6) is 5.75 Å². The van der Waals surface area contributed by atoms with Crippen LogP contribution in [0, 0.1) is 11.2 Å². The van der Waals surface area contributed by atoms with Gasteiger partial charge in [0.25, 0.3) is 0 Å². The molecule has 0 bridgehead atoms. The molecule has 3 nitrogen and oxygen atoms in total. The van der Waals surface area contributed by atoms with Gasteiger partial charge in [0.05, 0.1) is 0 Å². The summed E-state index contributed by atoms with van der Waals surface area (Å²) in [7, 11) is 0. The van der Waals surface area contributed by atoms with Crippen molar-refractivity contribution in [2.45, 2.75) is 84.7 Å². The fraction of sp³-hybridized carbons (Fsp3) is 0.562. The Morgan fingerprint density at radius 1 is 1.06 bits per heavy atom. The summed E-state index contributed by atoms with van der Waals surface area (Å²) in [4.78, 5) is 4.80. The third-order valence-electron chi connectivity index (χ3n) is 8.22. The standard InChI is InChI=1S/C32H45FN2O/c1-5-7-17-32(4)18-22-35(30-12-10-9-11-27(30)24-32)25(3)26-13-14-31(29(33)23-26)36-28-15-20-34(21-16-28)19-8-6-2/h9-14,23,28H,3,5-8,15-22,24H2,1-2,4H3. The minimum Gasteiger partial charge on any atom is -0.487 e. The molecule has 0 radical (unpaired) electrons. The van der Waals surface area contributed by atoms with Crippen LogP contribution in [0.2, 0.25) is 0 Å². The van der Waals surface area contributed by atoms with Gasteiger partial charge in [0.1, 0.15) is 6.10 Å². The first-order valence-electron chi connectivity index (χ1n) is 14.2. The molecule has 4 heteroatoms. The van der Waals surface area contributed by atoms with E-state index in [-0.39, 0.29) is 17.3 Å². The fourth-order valence-electron chi connectivity index (χ4n) is 5.82. The molecule has 4 rings (SSSR count). The number of ether oxygens (including phenoxy) is 1. The number of likely N-dealkylation sites (tertiary alicyclic amines) is 1. The number of piperidine rings is 1. The van der Waals surface area contributed by atoms with Gasteiger partial charge in [-0.05, 0) is 80.3 Å². The second kappa shape index (κ2) is 12.3. The van der Waals surface area contributed by atoms with Crippen LogP contribution < -0.4 is 9.64 Å². The molecule has 1 unspecified atom stereocenters. The van der Waals surface area contributed by atoms with Crippen molar-refractivity contribution in [2.24, 2.45) is 5.41 Å². The molecule has 1 fully saturated rings. The van der Waals surface area contributed by atoms with Gasteiger partial charge in [-0.25, -0.2) is 4.39 Å². The maximum absolute atomic E-state index is 15.2. The van der Waals surface area contributed by atoms with E-state index in [4.69, 9.17) is 4.74 Å². The Morgan fingerprint density at radius 2 is 1.81 bits per heavy atom. The summed E-state index contributed by atoms with van der Waals surface area (Å²) in [6, 6.07) is 14.0. The predicted molar refractivity (Wildman–Crippen MR) is 150 cm³/mol. The zero-order valence-electron chi connectivity index (χ0n) is 22.7. The van der Waals surface area contributed by atoms with E-state index in [9.17, 15) is 0 Å². The topological polar surface area (TPSA) is 15.7 Å². The lowest BCUT2D eigenvalue weighted by Crippen LogP contribution is -2.38. The monoisotopic (exact) mass is 492 g/mol. The quantitative estimate of drug-likeness (QED) is 0.333. The first-order valence-corrected chi connectivity index (χ1v) is 14.2. The number of para-hydroxylation sites is 1. The van der Waals surface area contributed by atoms with Crippen LogP contribution in [-0.2, 0) is 6.42 Å². The molecule has 0 N–H and O–H groups in total. The van der Waals surface area contributed by atoms with Crippen molar-refractivity contribution >= 4 is 11.4 Å². The molecule has 0 aliphatic carbocycles. The molecular formula is C32H45FN2O. The van der Waals surface area contributed by atoms with Crippen LogP contribution in [0.3, 0.4) is 0 Å². The number of fused-ring (bicyclic) bond motifs is 1. The van der Waals surface area contributed by atoms with Crippen molar-refractivity contribution in [3.63, 3.8) is 0 Å². The SMILES string of the molecule is C=C(c1ccc(OC2CCN(CCCC)CC2)c(F)c1)N1CCC(C)(CCCC)Cc2ccccc21. The van der Waals surface area contributed by atoms with Gasteiger partial charge >= 0.3 is 0 Å². The van der Waals surface area contributed by atoms with Crippen molar-refractivity contribution in [1.82, 2.24) is 4.90 Å². The Balaban J connectivity index is 1.45. The Hall–Kier alpha value is -2.33. The van der Waals surface area contributed by atoms with Crippen molar-refractivity contribution < 1.29 is 9.13 Å². The van der Waals surface area contributed by atoms with Gasteiger partial charge in [0.15, 0.2) is 11.6 Å². The van der Waals surface area contributed by atoms with Crippen LogP contribution in [0.25, 0.3) is 5.70 Å². The minimum absolute atomic E-state index is 0.0877. The van der Waals surface area contributed by atoms with E-state index in [1.165, 1.54) is 43.4 Å². The average molecular weight is 493 g/mol. The van der Waals surface area contributed by atoms with E-state index in [0.29, 0.717) is 5.75 Å². The van der Waals surface area contributed by atoms with E-state index in [0.717, 1.165) is 63.1 Å². The summed E-state index contributed by atoms with van der Waals surface area (Å²) < 4.78 is 21.3. The Labute approximate surface area is 218 Å². The van der Waals surface area contributed by atoms with Crippen molar-refractivity contribution in [2.75, 3.05) is 31.1 Å². The summed E-state index contributed by atoms with van der Waals surface area (Å²) in [5, 5.41) is 0. The first kappa shape index (κ1) is 26.7. The Bertz CT molecular complexity index is 1010. The van der Waals surface area contributed by atoms with E-state index in [1.54, 1.807) is 12.1 Å². The van der Waals surface area contributed by atoms with E-state index < -0.39 is 0 Å². The lowest BCUT2D eigenvalue weighted by molar-refractivity contribution is 0.0965. The average Bonchev–Trinajstić information content (AvgIpc) is 3.04. The number of anilines is 1. The van der Waals surface area contributed by atoms with Gasteiger partial charge in [-0.3, -0.25) is 0 Å². The molecule has 2 heterocycles. The Kier molecular flexibility index (Phi) is 9.11. The van der Waals surface area contributed by atoms with Gasteiger partial charge in [-0.15, -0.1) is 0 Å². The van der Waals surface area contributed by atoms with Gasteiger partial charge in [0, 0.05) is 36.6 Å². The van der Waals surface area contributed by atoms with Crippen molar-refractivity contribution in [1.29, 1.82) is 0 Å². The zero-order valence-corrected chi connectivity index (χ0v) is 22.7. The molecule has 0 aromatic heterocycles. The van der Waals surface area contributed by atoms with Crippen molar-refractivity contribution in [3.05, 3.63) is 66.0 Å². The summed E-state index contributed by atoms with van der Waals surface area (Å²) in [5.41, 5.74) is 4.52. The number of hydrogen-bond donors (Lipinski definition) is 0. The first-order chi connectivity index (χ1) is 17.4. The lowest BCUT2D eigenvalue weighted by atomic mass is 9.77. The van der Waals surface area contributed by atoms with E-state index >= 15 is 4.39 Å². The fourth-order valence-corrected chi connectivity index (χ4v) is 5.82. The molecule has 196 valence electrons. The molecule has 2 aliphatic rings. The minimum atomic E-state index is -0.294. The lowest BCUT2D eigenvalue weighted by Gasteiger charge is -2.32. The van der Waals surface area contributed by atoms with Crippen LogP contribution in [0.1, 0.15) is 83.3 Å². The summed E-state index contributed by atoms with van der Waals surface area (Å²) in [5.74, 6) is 0.0694. The van der Waals surface area contributed by atoms with Crippen LogP contribution in [0.15, 0.2) is 49.0 Å². The second-order valence-corrected chi connectivity index (χ2v) is 11.2. The number of rotatable bonds is 10. The smallest absolute Gasteiger partial charge is 0.165 e. The highest BCUT2D eigenvalue weighted by Crippen LogP contribution is 2.41. The third kappa shape index (κ3) is 6.51. The molecule has 2 aromatic rings. The number of nitrogens with zero attached hydrogens (tertiary/aromatic N) is 2. The van der Waals surface area contributed by atoms with Gasteiger partial charge in [-0.2, -0.15) is 0 Å². The number of halogens is 1. The molecule has 1 atom stereocenters. The van der Waals surface area contributed by atoms with Crippen LogP contribution in [-0.4, -0.2) is 37.2 Å². The third-order valence-corrected chi connectivity index (χ3v) is 8.22. The van der Waals surface area contributed by atoms with Crippen LogP contribution >= 0.6 is 0 Å². The highest BCUT2D eigenvalue weighted by molar-refractivity contribution is 5.80. The largest absolute Gasteiger partial charge is 0.487 e. The van der Waals surface area contributed by atoms with Crippen molar-refractivity contribution in [3.8, 4) is 5.75 Å². The second-order valence-electron chi connectivity index (χ2n) is 11.2. The van der Waals surface area contributed by atoms with E-state index in [1.807, 2.05) is 6.07 Å². The summed E-state index contributed by atoms with van der Waals surface area (Å²) >= 11 is 0. The predicted octanol–water partition coefficient (Wildman–Crippen LogP) is 8.09. The summed E-state index contributed by atoms with van der Waals surface area (Å²) in [6.07, 6.45) is 10.3. The zero-order chi connectivity index (χ0) is 25.5. The molecule has 0 saturated carbocycles. The molecular weight excluding hydrogens is 447 g/mol. The Morgan fingerprint density at radius 3 is 2.53 bits per heavy atom. The molecule has 1 saturated heterocycles. The molecule has 0 spiro atoms. The maximum atomic E-state index is 15.2. The van der Waals surface area contributed by atoms with E-state index in [2.05, 4.69) is 61.4 Å². The van der Waals surface area contributed by atoms with Gasteiger partial charge < -0.3 is 14.5 Å². The number of hydrogen-bond acceptors (Lipinski definition) is 3. The summed E-state index contributed by atoms with van der Waals surface area (Å²) in [6.45, 7) is 15.5. The normalized spacial score (nSPS) is 21.2. The maximum Gasteiger partial charge on any atom is 0.165 e. The highest BCUT2D eigenvalue weighted by atomic mass is 19.1. The van der Waals surface area contributed by atoms with Gasteiger partial charge in [-0.1, -0.05) is 64.8 Å². The highest BCUT2D eigenvalue weighted by Gasteiger charge is 2.31. The number of unbranched alkanes of at least 4 members (excludes halogenated alkanes) is 2. The molecule has 36 heavy (non-hydrogen) atoms. The molecule has 2 aromatic carbocycles.